The van der Waals surface area contributed by atoms with Crippen molar-refractivity contribution in [1.29, 1.82) is 0 Å². The van der Waals surface area contributed by atoms with Gasteiger partial charge in [0.1, 0.15) is 0 Å². The van der Waals surface area contributed by atoms with Crippen LogP contribution in [0.5, 0.6) is 0 Å². The van der Waals surface area contributed by atoms with E-state index in [1.54, 1.807) is 19.1 Å². The summed E-state index contributed by atoms with van der Waals surface area (Å²) in [5.74, 6) is -0.473. The van der Waals surface area contributed by atoms with Gasteiger partial charge in [-0.25, -0.2) is 9.59 Å². The lowest BCUT2D eigenvalue weighted by Gasteiger charge is -2.25. The SMILES string of the molecule is Cc1cccc(C(=O)O)c1NC(=O)NCC1CCC1. The first-order valence-electron chi connectivity index (χ1n) is 6.45. The molecule has 0 aliphatic heterocycles. The van der Waals surface area contributed by atoms with Crippen LogP contribution in [-0.4, -0.2) is 23.7 Å². The van der Waals surface area contributed by atoms with Crippen molar-refractivity contribution in [2.75, 3.05) is 11.9 Å². The number of hydrogen-bond donors (Lipinski definition) is 3. The van der Waals surface area contributed by atoms with E-state index in [9.17, 15) is 9.59 Å². The first kappa shape index (κ1) is 13.4. The molecule has 2 rings (SSSR count). The lowest BCUT2D eigenvalue weighted by atomic mass is 9.85. The molecule has 2 amide bonds. The normalized spacial score (nSPS) is 14.6. The Labute approximate surface area is 112 Å². The number of nitrogens with one attached hydrogen (secondary N) is 2. The van der Waals surface area contributed by atoms with Gasteiger partial charge in [-0.2, -0.15) is 0 Å². The summed E-state index contributed by atoms with van der Waals surface area (Å²) in [5.41, 5.74) is 1.21. The van der Waals surface area contributed by atoms with Crippen LogP contribution in [0.15, 0.2) is 18.2 Å². The number of benzene rings is 1. The van der Waals surface area contributed by atoms with E-state index >= 15 is 0 Å². The molecule has 0 atom stereocenters. The van der Waals surface area contributed by atoms with Crippen molar-refractivity contribution in [3.63, 3.8) is 0 Å². The minimum absolute atomic E-state index is 0.110. The summed E-state index contributed by atoms with van der Waals surface area (Å²) in [7, 11) is 0. The van der Waals surface area contributed by atoms with Crippen LogP contribution >= 0.6 is 0 Å². The Morgan fingerprint density at radius 2 is 2.11 bits per heavy atom. The van der Waals surface area contributed by atoms with E-state index in [1.807, 2.05) is 0 Å². The number of carbonyl (C=O) groups excluding carboxylic acids is 1. The molecule has 102 valence electrons. The molecular formula is C14H18N2O3. The Hall–Kier alpha value is -2.04. The molecule has 0 saturated heterocycles. The van der Waals surface area contributed by atoms with Crippen molar-refractivity contribution in [1.82, 2.24) is 5.32 Å². The van der Waals surface area contributed by atoms with Crippen molar-refractivity contribution in [2.45, 2.75) is 26.2 Å². The van der Waals surface area contributed by atoms with E-state index in [-0.39, 0.29) is 11.6 Å². The number of carboxylic acid groups (broad SMARTS) is 1. The molecule has 1 aliphatic carbocycles. The smallest absolute Gasteiger partial charge is 0.337 e. The topological polar surface area (TPSA) is 78.4 Å². The standard InChI is InChI=1S/C14H18N2O3/c1-9-4-2-7-11(13(17)18)12(9)16-14(19)15-8-10-5-3-6-10/h2,4,7,10H,3,5-6,8H2,1H3,(H,17,18)(H2,15,16,19). The van der Waals surface area contributed by atoms with Gasteiger partial charge < -0.3 is 15.7 Å². The van der Waals surface area contributed by atoms with E-state index in [4.69, 9.17) is 5.11 Å². The fourth-order valence-corrected chi connectivity index (χ4v) is 2.10. The summed E-state index contributed by atoms with van der Waals surface area (Å²) in [6.07, 6.45) is 3.55. The van der Waals surface area contributed by atoms with Gasteiger partial charge in [-0.15, -0.1) is 0 Å². The fourth-order valence-electron chi connectivity index (χ4n) is 2.10. The van der Waals surface area contributed by atoms with E-state index in [1.165, 1.54) is 12.5 Å². The van der Waals surface area contributed by atoms with Crippen LogP contribution in [0, 0.1) is 12.8 Å². The number of carbonyl (C=O) groups is 2. The molecule has 0 spiro atoms. The molecule has 3 N–H and O–H groups in total. The number of anilines is 1. The van der Waals surface area contributed by atoms with E-state index in [0.29, 0.717) is 18.2 Å². The number of aromatic carboxylic acids is 1. The van der Waals surface area contributed by atoms with Gasteiger partial charge in [-0.05, 0) is 37.3 Å². The van der Waals surface area contributed by atoms with Crippen molar-refractivity contribution < 1.29 is 14.7 Å². The molecule has 0 bridgehead atoms. The molecule has 0 unspecified atom stereocenters. The molecule has 1 aromatic carbocycles. The fraction of sp³-hybridized carbons (Fsp3) is 0.429. The Morgan fingerprint density at radius 3 is 2.68 bits per heavy atom. The third-order valence-corrected chi connectivity index (χ3v) is 3.52. The number of rotatable bonds is 4. The molecular weight excluding hydrogens is 244 g/mol. The van der Waals surface area contributed by atoms with E-state index in [0.717, 1.165) is 18.4 Å². The zero-order valence-electron chi connectivity index (χ0n) is 10.9. The molecule has 0 radical (unpaired) electrons. The van der Waals surface area contributed by atoms with Gasteiger partial charge in [0.25, 0.3) is 0 Å². The Morgan fingerprint density at radius 1 is 1.37 bits per heavy atom. The number of aryl methyl sites for hydroxylation is 1. The molecule has 0 aromatic heterocycles. The lowest BCUT2D eigenvalue weighted by molar-refractivity contribution is 0.0698. The van der Waals surface area contributed by atoms with Gasteiger partial charge in [0.15, 0.2) is 0 Å². The highest BCUT2D eigenvalue weighted by Gasteiger charge is 2.19. The molecule has 1 saturated carbocycles. The average molecular weight is 262 g/mol. The predicted molar refractivity (Wildman–Crippen MR) is 72.5 cm³/mol. The maximum atomic E-state index is 11.8. The van der Waals surface area contributed by atoms with Crippen LogP contribution in [0.3, 0.4) is 0 Å². The lowest BCUT2D eigenvalue weighted by Crippen LogP contribution is -2.35. The second kappa shape index (κ2) is 5.73. The molecule has 1 aromatic rings. The van der Waals surface area contributed by atoms with Crippen LogP contribution in [0.2, 0.25) is 0 Å². The molecule has 0 heterocycles. The highest BCUT2D eigenvalue weighted by atomic mass is 16.4. The Balaban J connectivity index is 2.00. The summed E-state index contributed by atoms with van der Waals surface area (Å²) in [5, 5.41) is 14.5. The van der Waals surface area contributed by atoms with Crippen LogP contribution < -0.4 is 10.6 Å². The number of para-hydroxylation sites is 1. The maximum Gasteiger partial charge on any atom is 0.337 e. The number of urea groups is 1. The zero-order chi connectivity index (χ0) is 13.8. The second-order valence-electron chi connectivity index (χ2n) is 4.93. The maximum absolute atomic E-state index is 11.8. The van der Waals surface area contributed by atoms with Gasteiger partial charge in [0, 0.05) is 6.54 Å². The summed E-state index contributed by atoms with van der Waals surface area (Å²) in [4.78, 5) is 22.9. The second-order valence-corrected chi connectivity index (χ2v) is 4.93. The Bertz CT molecular complexity index is 495. The first-order valence-corrected chi connectivity index (χ1v) is 6.45. The predicted octanol–water partition coefficient (Wildman–Crippen LogP) is 2.61. The van der Waals surface area contributed by atoms with Gasteiger partial charge >= 0.3 is 12.0 Å². The third kappa shape index (κ3) is 3.24. The number of hydrogen-bond acceptors (Lipinski definition) is 2. The highest BCUT2D eigenvalue weighted by molar-refractivity contribution is 6.00. The summed E-state index contributed by atoms with van der Waals surface area (Å²) < 4.78 is 0. The minimum atomic E-state index is -1.04. The Kier molecular flexibility index (Phi) is 4.04. The molecule has 1 fully saturated rings. The van der Waals surface area contributed by atoms with Crippen LogP contribution in [-0.2, 0) is 0 Å². The summed E-state index contributed by atoms with van der Waals surface area (Å²) in [6, 6.07) is 4.57. The van der Waals surface area contributed by atoms with Crippen LogP contribution in [0.1, 0.15) is 35.2 Å². The monoisotopic (exact) mass is 262 g/mol. The molecule has 5 nitrogen and oxygen atoms in total. The van der Waals surface area contributed by atoms with Gasteiger partial charge in [0.05, 0.1) is 11.3 Å². The summed E-state index contributed by atoms with van der Waals surface area (Å²) >= 11 is 0. The zero-order valence-corrected chi connectivity index (χ0v) is 10.9. The van der Waals surface area contributed by atoms with Crippen molar-refractivity contribution in [3.05, 3.63) is 29.3 Å². The average Bonchev–Trinajstić information content (AvgIpc) is 2.29. The number of amides is 2. The quantitative estimate of drug-likeness (QED) is 0.780. The minimum Gasteiger partial charge on any atom is -0.478 e. The molecule has 5 heteroatoms. The van der Waals surface area contributed by atoms with E-state index in [2.05, 4.69) is 10.6 Å². The van der Waals surface area contributed by atoms with Crippen LogP contribution in [0.4, 0.5) is 10.5 Å². The van der Waals surface area contributed by atoms with Gasteiger partial charge in [-0.3, -0.25) is 0 Å². The van der Waals surface area contributed by atoms with Crippen LogP contribution in [0.25, 0.3) is 0 Å². The van der Waals surface area contributed by atoms with Gasteiger partial charge in [0.2, 0.25) is 0 Å². The molecule has 19 heavy (non-hydrogen) atoms. The summed E-state index contributed by atoms with van der Waals surface area (Å²) in [6.45, 7) is 2.42. The third-order valence-electron chi connectivity index (χ3n) is 3.52. The van der Waals surface area contributed by atoms with Crippen molar-refractivity contribution >= 4 is 17.7 Å². The number of carboxylic acids is 1. The van der Waals surface area contributed by atoms with Gasteiger partial charge in [-0.1, -0.05) is 18.6 Å². The largest absolute Gasteiger partial charge is 0.478 e. The molecule has 1 aliphatic rings. The van der Waals surface area contributed by atoms with Crippen molar-refractivity contribution in [3.8, 4) is 0 Å². The first-order chi connectivity index (χ1) is 9.08. The van der Waals surface area contributed by atoms with E-state index < -0.39 is 5.97 Å². The van der Waals surface area contributed by atoms with Crippen molar-refractivity contribution in [2.24, 2.45) is 5.92 Å². The highest BCUT2D eigenvalue weighted by Crippen LogP contribution is 2.25.